The normalized spacial score (nSPS) is 11.2. The van der Waals surface area contributed by atoms with E-state index in [4.69, 9.17) is 9.47 Å². The summed E-state index contributed by atoms with van der Waals surface area (Å²) in [6.07, 6.45) is -0.474. The summed E-state index contributed by atoms with van der Waals surface area (Å²) in [4.78, 5) is 15.0. The standard InChI is InChI=1S/C21H25N3O3/c1-3-26-19(27-4-2)15-24(14-16-10-6-5-7-11-16)21(25)20-17-12-8-9-13-18(17)22-23-20/h5-13,19H,3-4,14-15H2,1-2H3,(H,22,23). The molecule has 0 aliphatic rings. The van der Waals surface area contributed by atoms with Crippen LogP contribution in [0, 0.1) is 0 Å². The van der Waals surface area contributed by atoms with E-state index in [0.29, 0.717) is 32.0 Å². The number of para-hydroxylation sites is 1. The highest BCUT2D eigenvalue weighted by Gasteiger charge is 2.24. The number of nitrogens with one attached hydrogen (secondary N) is 1. The number of aromatic nitrogens is 2. The van der Waals surface area contributed by atoms with Crippen molar-refractivity contribution in [1.82, 2.24) is 15.1 Å². The van der Waals surface area contributed by atoms with Gasteiger partial charge in [-0.2, -0.15) is 5.10 Å². The molecule has 3 rings (SSSR count). The van der Waals surface area contributed by atoms with Crippen LogP contribution in [0.25, 0.3) is 10.9 Å². The third-order valence-electron chi connectivity index (χ3n) is 4.25. The van der Waals surface area contributed by atoms with Gasteiger partial charge in [-0.1, -0.05) is 48.5 Å². The molecule has 142 valence electrons. The van der Waals surface area contributed by atoms with Gasteiger partial charge in [-0.15, -0.1) is 0 Å². The van der Waals surface area contributed by atoms with Gasteiger partial charge in [0.1, 0.15) is 0 Å². The van der Waals surface area contributed by atoms with Crippen molar-refractivity contribution < 1.29 is 14.3 Å². The summed E-state index contributed by atoms with van der Waals surface area (Å²) in [6.45, 7) is 5.65. The van der Waals surface area contributed by atoms with Gasteiger partial charge in [-0.25, -0.2) is 0 Å². The lowest BCUT2D eigenvalue weighted by Gasteiger charge is -2.27. The predicted octanol–water partition coefficient (Wildman–Crippen LogP) is 3.60. The Hall–Kier alpha value is -2.70. The number of fused-ring (bicyclic) bond motifs is 1. The van der Waals surface area contributed by atoms with Gasteiger partial charge >= 0.3 is 0 Å². The van der Waals surface area contributed by atoms with Gasteiger partial charge in [0.15, 0.2) is 12.0 Å². The van der Waals surface area contributed by atoms with Gasteiger partial charge in [0.25, 0.3) is 5.91 Å². The monoisotopic (exact) mass is 367 g/mol. The maximum Gasteiger partial charge on any atom is 0.275 e. The lowest BCUT2D eigenvalue weighted by atomic mass is 10.1. The summed E-state index contributed by atoms with van der Waals surface area (Å²) < 4.78 is 11.3. The number of carbonyl (C=O) groups excluding carboxylic acids is 1. The van der Waals surface area contributed by atoms with E-state index < -0.39 is 6.29 Å². The van der Waals surface area contributed by atoms with Crippen molar-refractivity contribution in [3.05, 3.63) is 65.9 Å². The third kappa shape index (κ3) is 4.72. The number of benzene rings is 2. The Labute approximate surface area is 159 Å². The number of aromatic amines is 1. The van der Waals surface area contributed by atoms with Crippen LogP contribution >= 0.6 is 0 Å². The Morgan fingerprint density at radius 3 is 2.41 bits per heavy atom. The fourth-order valence-electron chi connectivity index (χ4n) is 3.00. The van der Waals surface area contributed by atoms with E-state index in [0.717, 1.165) is 16.5 Å². The molecule has 27 heavy (non-hydrogen) atoms. The van der Waals surface area contributed by atoms with Crippen LogP contribution < -0.4 is 0 Å². The number of rotatable bonds is 9. The van der Waals surface area contributed by atoms with Crippen LogP contribution in [0.3, 0.4) is 0 Å². The van der Waals surface area contributed by atoms with Crippen LogP contribution in [0.1, 0.15) is 29.9 Å². The van der Waals surface area contributed by atoms with E-state index >= 15 is 0 Å². The van der Waals surface area contributed by atoms with E-state index in [1.54, 1.807) is 4.90 Å². The minimum Gasteiger partial charge on any atom is -0.351 e. The third-order valence-corrected chi connectivity index (χ3v) is 4.25. The number of hydrogen-bond donors (Lipinski definition) is 1. The fraction of sp³-hybridized carbons (Fsp3) is 0.333. The lowest BCUT2D eigenvalue weighted by molar-refractivity contribution is -0.144. The largest absolute Gasteiger partial charge is 0.351 e. The number of nitrogens with zero attached hydrogens (tertiary/aromatic N) is 2. The average molecular weight is 367 g/mol. The first-order valence-corrected chi connectivity index (χ1v) is 9.22. The second-order valence-electron chi connectivity index (χ2n) is 6.13. The Bertz CT molecular complexity index is 857. The van der Waals surface area contributed by atoms with Crippen molar-refractivity contribution in [3.8, 4) is 0 Å². The first-order chi connectivity index (χ1) is 13.2. The SMILES string of the molecule is CCOC(CN(Cc1ccccc1)C(=O)c1n[nH]c2ccccc12)OCC. The molecule has 2 aromatic carbocycles. The average Bonchev–Trinajstić information content (AvgIpc) is 3.12. The summed E-state index contributed by atoms with van der Waals surface area (Å²) >= 11 is 0. The predicted molar refractivity (Wildman–Crippen MR) is 104 cm³/mol. The van der Waals surface area contributed by atoms with Crippen LogP contribution in [0.2, 0.25) is 0 Å². The molecule has 3 aromatic rings. The molecular weight excluding hydrogens is 342 g/mol. The van der Waals surface area contributed by atoms with Gasteiger partial charge in [-0.05, 0) is 25.5 Å². The Kier molecular flexibility index (Phi) is 6.57. The summed E-state index contributed by atoms with van der Waals surface area (Å²) in [7, 11) is 0. The molecule has 0 aliphatic heterocycles. The molecule has 0 radical (unpaired) electrons. The number of ether oxygens (including phenoxy) is 2. The van der Waals surface area contributed by atoms with Gasteiger partial charge < -0.3 is 14.4 Å². The summed E-state index contributed by atoms with van der Waals surface area (Å²) in [5, 5.41) is 8.00. The molecule has 6 nitrogen and oxygen atoms in total. The van der Waals surface area contributed by atoms with Crippen LogP contribution in [0.4, 0.5) is 0 Å². The first kappa shape index (κ1) is 19.1. The van der Waals surface area contributed by atoms with E-state index in [1.807, 2.05) is 68.4 Å². The highest BCUT2D eigenvalue weighted by atomic mass is 16.7. The minimum atomic E-state index is -0.474. The molecular formula is C21H25N3O3. The zero-order valence-electron chi connectivity index (χ0n) is 15.7. The molecule has 0 saturated carbocycles. The van der Waals surface area contributed by atoms with Gasteiger partial charge in [0, 0.05) is 25.1 Å². The zero-order chi connectivity index (χ0) is 19.1. The van der Waals surface area contributed by atoms with Crippen molar-refractivity contribution in [2.24, 2.45) is 0 Å². The molecule has 0 aliphatic carbocycles. The number of carbonyl (C=O) groups is 1. The minimum absolute atomic E-state index is 0.152. The van der Waals surface area contributed by atoms with E-state index in [1.165, 1.54) is 0 Å². The maximum atomic E-state index is 13.3. The number of hydrogen-bond acceptors (Lipinski definition) is 4. The van der Waals surface area contributed by atoms with Crippen LogP contribution in [-0.2, 0) is 16.0 Å². The molecule has 1 aromatic heterocycles. The zero-order valence-corrected chi connectivity index (χ0v) is 15.7. The summed E-state index contributed by atoms with van der Waals surface area (Å²) in [5.41, 5.74) is 2.29. The van der Waals surface area contributed by atoms with Crippen molar-refractivity contribution >= 4 is 16.8 Å². The van der Waals surface area contributed by atoms with Crippen molar-refractivity contribution in [2.45, 2.75) is 26.7 Å². The molecule has 6 heteroatoms. The molecule has 1 amide bonds. The lowest BCUT2D eigenvalue weighted by Crippen LogP contribution is -2.39. The molecule has 0 spiro atoms. The molecule has 1 heterocycles. The first-order valence-electron chi connectivity index (χ1n) is 9.22. The second kappa shape index (κ2) is 9.30. The molecule has 0 saturated heterocycles. The quantitative estimate of drug-likeness (QED) is 0.587. The summed E-state index contributed by atoms with van der Waals surface area (Å²) in [5.74, 6) is -0.152. The molecule has 0 atom stereocenters. The Morgan fingerprint density at radius 2 is 1.70 bits per heavy atom. The second-order valence-corrected chi connectivity index (χ2v) is 6.13. The van der Waals surface area contributed by atoms with Crippen LogP contribution in [0.15, 0.2) is 54.6 Å². The van der Waals surface area contributed by atoms with Gasteiger partial charge in [0.2, 0.25) is 0 Å². The van der Waals surface area contributed by atoms with Crippen molar-refractivity contribution in [1.29, 1.82) is 0 Å². The maximum absolute atomic E-state index is 13.3. The van der Waals surface area contributed by atoms with Crippen molar-refractivity contribution in [2.75, 3.05) is 19.8 Å². The van der Waals surface area contributed by atoms with E-state index in [9.17, 15) is 4.79 Å². The van der Waals surface area contributed by atoms with Crippen molar-refractivity contribution in [3.63, 3.8) is 0 Å². The topological polar surface area (TPSA) is 67.5 Å². The fourth-order valence-corrected chi connectivity index (χ4v) is 3.00. The molecule has 0 unspecified atom stereocenters. The Morgan fingerprint density at radius 1 is 1.04 bits per heavy atom. The number of H-pyrrole nitrogens is 1. The smallest absolute Gasteiger partial charge is 0.275 e. The summed E-state index contributed by atoms with van der Waals surface area (Å²) in [6, 6.07) is 17.5. The van der Waals surface area contributed by atoms with Crippen LogP contribution in [0.5, 0.6) is 0 Å². The highest BCUT2D eigenvalue weighted by Crippen LogP contribution is 2.19. The Balaban J connectivity index is 1.88. The number of amides is 1. The van der Waals surface area contributed by atoms with Gasteiger partial charge in [-0.3, -0.25) is 9.89 Å². The molecule has 0 fully saturated rings. The molecule has 1 N–H and O–H groups in total. The van der Waals surface area contributed by atoms with E-state index in [2.05, 4.69) is 10.2 Å². The van der Waals surface area contributed by atoms with E-state index in [-0.39, 0.29) is 5.91 Å². The molecule has 0 bridgehead atoms. The van der Waals surface area contributed by atoms with Crippen LogP contribution in [-0.4, -0.2) is 47.1 Å². The highest BCUT2D eigenvalue weighted by molar-refractivity contribution is 6.04. The van der Waals surface area contributed by atoms with Gasteiger partial charge in [0.05, 0.1) is 12.1 Å².